The van der Waals surface area contributed by atoms with Crippen molar-refractivity contribution in [3.63, 3.8) is 0 Å². The Balaban J connectivity index is 0.00000128. The molecular weight excluding hydrogens is 249 g/mol. The molecule has 0 radical (unpaired) electrons. The van der Waals surface area contributed by atoms with E-state index in [1.807, 2.05) is 12.1 Å². The maximum atomic E-state index is 11.0. The molecule has 5 heteroatoms. The van der Waals surface area contributed by atoms with Crippen LogP contribution in [-0.2, 0) is 4.79 Å². The molecule has 1 fully saturated rings. The normalized spacial score (nSPS) is 23.8. The number of benzene rings is 1. The molecule has 2 rings (SSSR count). The van der Waals surface area contributed by atoms with Crippen molar-refractivity contribution in [3.05, 3.63) is 34.9 Å². The highest BCUT2D eigenvalue weighted by molar-refractivity contribution is 6.30. The third-order valence-corrected chi connectivity index (χ3v) is 3.08. The van der Waals surface area contributed by atoms with Gasteiger partial charge in [-0.15, -0.1) is 12.4 Å². The van der Waals surface area contributed by atoms with Crippen LogP contribution in [0.15, 0.2) is 24.3 Å². The first-order valence-corrected chi connectivity index (χ1v) is 5.25. The minimum atomic E-state index is -0.736. The summed E-state index contributed by atoms with van der Waals surface area (Å²) in [4.78, 5) is 11.0. The van der Waals surface area contributed by atoms with E-state index in [-0.39, 0.29) is 24.2 Å². The third kappa shape index (κ3) is 2.67. The number of carboxylic acid groups (broad SMARTS) is 1. The zero-order chi connectivity index (χ0) is 10.8. The van der Waals surface area contributed by atoms with Crippen molar-refractivity contribution >= 4 is 30.0 Å². The van der Waals surface area contributed by atoms with E-state index in [4.69, 9.17) is 16.7 Å². The lowest BCUT2D eigenvalue weighted by atomic mass is 9.89. The second kappa shape index (κ2) is 5.53. The molecule has 0 spiro atoms. The van der Waals surface area contributed by atoms with Crippen molar-refractivity contribution in [1.82, 2.24) is 5.32 Å². The van der Waals surface area contributed by atoms with Gasteiger partial charge in [-0.25, -0.2) is 0 Å². The van der Waals surface area contributed by atoms with E-state index in [1.54, 1.807) is 12.1 Å². The number of aliphatic carboxylic acids is 1. The van der Waals surface area contributed by atoms with Crippen LogP contribution in [0.25, 0.3) is 0 Å². The van der Waals surface area contributed by atoms with Gasteiger partial charge in [0.15, 0.2) is 0 Å². The molecule has 1 aromatic rings. The Morgan fingerprint density at radius 3 is 2.50 bits per heavy atom. The van der Waals surface area contributed by atoms with Crippen LogP contribution in [0, 0.1) is 5.92 Å². The zero-order valence-electron chi connectivity index (χ0n) is 8.52. The Morgan fingerprint density at radius 1 is 1.31 bits per heavy atom. The highest BCUT2D eigenvalue weighted by Crippen LogP contribution is 2.28. The van der Waals surface area contributed by atoms with E-state index in [9.17, 15) is 4.79 Å². The van der Waals surface area contributed by atoms with Crippen LogP contribution >= 0.6 is 24.0 Å². The van der Waals surface area contributed by atoms with Gasteiger partial charge in [0.2, 0.25) is 0 Å². The SMILES string of the molecule is Cl.O=C(O)[C@@H]1CNC[C@H]1c1ccc(Cl)cc1. The molecule has 0 bridgehead atoms. The molecule has 2 N–H and O–H groups in total. The highest BCUT2D eigenvalue weighted by atomic mass is 35.5. The molecule has 0 saturated carbocycles. The van der Waals surface area contributed by atoms with E-state index < -0.39 is 5.97 Å². The smallest absolute Gasteiger partial charge is 0.308 e. The quantitative estimate of drug-likeness (QED) is 0.858. The lowest BCUT2D eigenvalue weighted by molar-refractivity contribution is -0.141. The Morgan fingerprint density at radius 2 is 1.94 bits per heavy atom. The van der Waals surface area contributed by atoms with Crippen molar-refractivity contribution in [2.24, 2.45) is 5.92 Å². The van der Waals surface area contributed by atoms with E-state index in [0.717, 1.165) is 12.1 Å². The van der Waals surface area contributed by atoms with Gasteiger partial charge in [-0.3, -0.25) is 4.79 Å². The summed E-state index contributed by atoms with van der Waals surface area (Å²) < 4.78 is 0. The number of carboxylic acids is 1. The molecule has 0 aliphatic carbocycles. The lowest BCUT2D eigenvalue weighted by Crippen LogP contribution is -2.20. The number of hydrogen-bond donors (Lipinski definition) is 2. The van der Waals surface area contributed by atoms with Gasteiger partial charge < -0.3 is 10.4 Å². The van der Waals surface area contributed by atoms with E-state index >= 15 is 0 Å². The van der Waals surface area contributed by atoms with Crippen molar-refractivity contribution in [2.75, 3.05) is 13.1 Å². The summed E-state index contributed by atoms with van der Waals surface area (Å²) in [6, 6.07) is 7.40. The topological polar surface area (TPSA) is 49.3 Å². The van der Waals surface area contributed by atoms with Crippen LogP contribution in [0.3, 0.4) is 0 Å². The molecule has 0 aromatic heterocycles. The molecule has 0 unspecified atom stereocenters. The average Bonchev–Trinajstić information content (AvgIpc) is 2.67. The summed E-state index contributed by atoms with van der Waals surface area (Å²) in [6.07, 6.45) is 0. The maximum absolute atomic E-state index is 11.0. The standard InChI is InChI=1S/C11H12ClNO2.ClH/c12-8-3-1-7(2-4-8)9-5-13-6-10(9)11(14)15;/h1-4,9-10,13H,5-6H2,(H,14,15);1H/t9-,10+;/m0./s1. The Hall–Kier alpha value is -0.770. The van der Waals surface area contributed by atoms with Crippen molar-refractivity contribution in [1.29, 1.82) is 0 Å². The predicted octanol–water partition coefficient (Wildman–Crippen LogP) is 2.15. The summed E-state index contributed by atoms with van der Waals surface area (Å²) >= 11 is 5.79. The van der Waals surface area contributed by atoms with Crippen LogP contribution in [0.4, 0.5) is 0 Å². The fourth-order valence-corrected chi connectivity index (χ4v) is 2.12. The Kier molecular flexibility index (Phi) is 4.59. The summed E-state index contributed by atoms with van der Waals surface area (Å²) in [6.45, 7) is 1.27. The molecule has 1 aromatic carbocycles. The average molecular weight is 262 g/mol. The minimum Gasteiger partial charge on any atom is -0.481 e. The number of hydrogen-bond acceptors (Lipinski definition) is 2. The Bertz CT molecular complexity index is 367. The van der Waals surface area contributed by atoms with Crippen LogP contribution in [0.2, 0.25) is 5.02 Å². The summed E-state index contributed by atoms with van der Waals surface area (Å²) in [5.74, 6) is -1.01. The first-order valence-electron chi connectivity index (χ1n) is 4.87. The molecule has 0 amide bonds. The van der Waals surface area contributed by atoms with Gasteiger partial charge >= 0.3 is 5.97 Å². The lowest BCUT2D eigenvalue weighted by Gasteiger charge is -2.14. The van der Waals surface area contributed by atoms with E-state index in [0.29, 0.717) is 11.6 Å². The fraction of sp³-hybridized carbons (Fsp3) is 0.364. The van der Waals surface area contributed by atoms with E-state index in [1.165, 1.54) is 0 Å². The minimum absolute atomic E-state index is 0. The second-order valence-corrected chi connectivity index (χ2v) is 4.20. The van der Waals surface area contributed by atoms with Gasteiger partial charge in [-0.05, 0) is 17.7 Å². The van der Waals surface area contributed by atoms with Crippen LogP contribution in [0.1, 0.15) is 11.5 Å². The Labute approximate surface area is 105 Å². The van der Waals surface area contributed by atoms with Crippen molar-refractivity contribution < 1.29 is 9.90 Å². The van der Waals surface area contributed by atoms with Crippen molar-refractivity contribution in [2.45, 2.75) is 5.92 Å². The van der Waals surface area contributed by atoms with Crippen molar-refractivity contribution in [3.8, 4) is 0 Å². The molecule has 3 nitrogen and oxygen atoms in total. The largest absolute Gasteiger partial charge is 0.481 e. The van der Waals surface area contributed by atoms with Crippen LogP contribution < -0.4 is 5.32 Å². The van der Waals surface area contributed by atoms with Gasteiger partial charge in [-0.1, -0.05) is 23.7 Å². The second-order valence-electron chi connectivity index (χ2n) is 3.76. The molecule has 16 heavy (non-hydrogen) atoms. The number of halogens is 2. The molecule has 1 aliphatic rings. The van der Waals surface area contributed by atoms with E-state index in [2.05, 4.69) is 5.32 Å². The number of nitrogens with one attached hydrogen (secondary N) is 1. The summed E-state index contributed by atoms with van der Waals surface area (Å²) in [5, 5.41) is 12.8. The first kappa shape index (κ1) is 13.3. The summed E-state index contributed by atoms with van der Waals surface area (Å²) in [7, 11) is 0. The molecule has 1 aliphatic heterocycles. The number of rotatable bonds is 2. The monoisotopic (exact) mass is 261 g/mol. The molecule has 1 heterocycles. The van der Waals surface area contributed by atoms with Crippen LogP contribution in [-0.4, -0.2) is 24.2 Å². The maximum Gasteiger partial charge on any atom is 0.308 e. The van der Waals surface area contributed by atoms with Gasteiger partial charge in [0.25, 0.3) is 0 Å². The molecule has 1 saturated heterocycles. The number of carbonyl (C=O) groups is 1. The first-order chi connectivity index (χ1) is 7.18. The zero-order valence-corrected chi connectivity index (χ0v) is 10.1. The van der Waals surface area contributed by atoms with Gasteiger partial charge in [-0.2, -0.15) is 0 Å². The fourth-order valence-electron chi connectivity index (χ4n) is 2.00. The third-order valence-electron chi connectivity index (χ3n) is 2.83. The van der Waals surface area contributed by atoms with Gasteiger partial charge in [0.05, 0.1) is 5.92 Å². The summed E-state index contributed by atoms with van der Waals surface area (Å²) in [5.41, 5.74) is 1.04. The predicted molar refractivity (Wildman–Crippen MR) is 65.4 cm³/mol. The highest BCUT2D eigenvalue weighted by Gasteiger charge is 2.33. The molecular formula is C11H13Cl2NO2. The molecule has 88 valence electrons. The molecule has 2 atom stereocenters. The van der Waals surface area contributed by atoms with Gasteiger partial charge in [0, 0.05) is 24.0 Å². The van der Waals surface area contributed by atoms with Gasteiger partial charge in [0.1, 0.15) is 0 Å². The van der Waals surface area contributed by atoms with Crippen LogP contribution in [0.5, 0.6) is 0 Å².